The number of hydrogen-bond acceptors (Lipinski definition) is 4. The first-order valence-corrected chi connectivity index (χ1v) is 11.4. The quantitative estimate of drug-likeness (QED) is 0.286. The molecule has 4 rings (SSSR count). The fraction of sp³-hybridized carbons (Fsp3) is 0.360. The van der Waals surface area contributed by atoms with Crippen LogP contribution in [0.15, 0.2) is 54.1 Å². The Bertz CT molecular complexity index is 1290. The van der Waals surface area contributed by atoms with Gasteiger partial charge in [0.05, 0.1) is 11.6 Å². The Morgan fingerprint density at radius 1 is 1.00 bits per heavy atom. The first kappa shape index (κ1) is 27.6. The highest BCUT2D eigenvalue weighted by Crippen LogP contribution is 2.39. The smallest absolute Gasteiger partial charge is 0.355 e. The molecule has 38 heavy (non-hydrogen) atoms. The van der Waals surface area contributed by atoms with Crippen molar-refractivity contribution in [1.29, 1.82) is 0 Å². The van der Waals surface area contributed by atoms with Gasteiger partial charge in [-0.2, -0.15) is 26.3 Å². The van der Waals surface area contributed by atoms with E-state index >= 15 is 0 Å². The normalized spacial score (nSPS) is 18.7. The highest BCUT2D eigenvalue weighted by atomic mass is 19.4. The highest BCUT2D eigenvalue weighted by molar-refractivity contribution is 5.98. The summed E-state index contributed by atoms with van der Waals surface area (Å²) in [6.07, 6.45) is -7.62. The Kier molecular flexibility index (Phi) is 7.04. The maximum atomic E-state index is 14.6. The third-order valence-corrected chi connectivity index (χ3v) is 6.46. The number of hydrogen-bond donors (Lipinski definition) is 3. The van der Waals surface area contributed by atoms with Crippen LogP contribution in [0.3, 0.4) is 0 Å². The molecule has 1 aliphatic carbocycles. The number of amides is 2. The number of nitrogens with one attached hydrogen (secondary N) is 1. The summed E-state index contributed by atoms with van der Waals surface area (Å²) in [6.45, 7) is 0.0613. The van der Waals surface area contributed by atoms with E-state index in [0.717, 1.165) is 29.2 Å². The molecule has 2 aromatic rings. The third-order valence-electron chi connectivity index (χ3n) is 6.46. The van der Waals surface area contributed by atoms with Crippen molar-refractivity contribution >= 4 is 11.8 Å². The summed E-state index contributed by atoms with van der Waals surface area (Å²) in [6, 6.07) is 3.43. The first-order valence-electron chi connectivity index (χ1n) is 11.4. The molecule has 0 unspecified atom stereocenters. The van der Waals surface area contributed by atoms with Crippen LogP contribution < -0.4 is 5.32 Å². The van der Waals surface area contributed by atoms with Gasteiger partial charge in [-0.3, -0.25) is 9.59 Å². The summed E-state index contributed by atoms with van der Waals surface area (Å²) < 4.78 is 92.5. The fourth-order valence-corrected chi connectivity index (χ4v) is 4.32. The summed E-state index contributed by atoms with van der Waals surface area (Å²) >= 11 is 0. The average molecular weight is 546 g/mol. The van der Waals surface area contributed by atoms with Gasteiger partial charge < -0.3 is 20.4 Å². The number of carbonyl (C=O) groups is 2. The third kappa shape index (κ3) is 5.39. The maximum absolute atomic E-state index is 14.6. The van der Waals surface area contributed by atoms with Crippen LogP contribution in [0.5, 0.6) is 0 Å². The van der Waals surface area contributed by atoms with Gasteiger partial charge in [0.15, 0.2) is 0 Å². The lowest BCUT2D eigenvalue weighted by Crippen LogP contribution is -2.47. The van der Waals surface area contributed by atoms with Crippen molar-refractivity contribution in [2.24, 2.45) is 0 Å². The van der Waals surface area contributed by atoms with Crippen molar-refractivity contribution in [3.8, 4) is 0 Å². The van der Waals surface area contributed by atoms with E-state index in [1.165, 1.54) is 0 Å². The van der Waals surface area contributed by atoms with Crippen LogP contribution in [0.4, 0.5) is 30.7 Å². The van der Waals surface area contributed by atoms with E-state index < -0.39 is 59.0 Å². The Balaban J connectivity index is 1.54. The zero-order chi connectivity index (χ0) is 28.0. The highest BCUT2D eigenvalue weighted by Gasteiger charge is 2.54. The second kappa shape index (κ2) is 9.70. The second-order valence-electron chi connectivity index (χ2n) is 9.07. The van der Waals surface area contributed by atoms with Crippen molar-refractivity contribution in [3.63, 3.8) is 0 Å². The predicted molar refractivity (Wildman–Crippen MR) is 118 cm³/mol. The Morgan fingerprint density at radius 2 is 1.68 bits per heavy atom. The molecule has 2 amide bonds. The number of halogens is 7. The van der Waals surface area contributed by atoms with Crippen molar-refractivity contribution in [2.75, 3.05) is 6.54 Å². The van der Waals surface area contributed by atoms with Crippen molar-refractivity contribution in [1.82, 2.24) is 10.2 Å². The van der Waals surface area contributed by atoms with Crippen LogP contribution in [0, 0.1) is 5.82 Å². The van der Waals surface area contributed by atoms with Gasteiger partial charge in [0.2, 0.25) is 5.91 Å². The minimum Gasteiger partial charge on any atom is -0.355 e. The van der Waals surface area contributed by atoms with Crippen molar-refractivity contribution < 1.29 is 50.5 Å². The van der Waals surface area contributed by atoms with Gasteiger partial charge >= 0.3 is 12.4 Å². The van der Waals surface area contributed by atoms with Crippen LogP contribution in [0.1, 0.15) is 52.4 Å². The number of alkyl halides is 6. The molecule has 0 bridgehead atoms. The molecule has 3 N–H and O–H groups in total. The predicted octanol–water partition coefficient (Wildman–Crippen LogP) is 4.34. The zero-order valence-corrected chi connectivity index (χ0v) is 19.4. The number of rotatable bonds is 6. The van der Waals surface area contributed by atoms with Gasteiger partial charge in [-0.05, 0) is 49.1 Å². The van der Waals surface area contributed by atoms with Gasteiger partial charge in [-0.25, -0.2) is 4.39 Å². The van der Waals surface area contributed by atoms with Gasteiger partial charge in [0.1, 0.15) is 11.9 Å². The largest absolute Gasteiger partial charge is 0.447 e. The molecule has 6 nitrogen and oxygen atoms in total. The average Bonchev–Trinajstić information content (AvgIpc) is 3.56. The number of nitrogens with zero attached hydrogens (tertiary/aromatic N) is 1. The second-order valence-corrected chi connectivity index (χ2v) is 9.07. The van der Waals surface area contributed by atoms with E-state index in [-0.39, 0.29) is 24.1 Å². The molecular formula is C25H21F7N2O4. The van der Waals surface area contributed by atoms with Crippen LogP contribution in [-0.4, -0.2) is 45.7 Å². The summed E-state index contributed by atoms with van der Waals surface area (Å²) in [5.41, 5.74) is -2.13. The monoisotopic (exact) mass is 546 g/mol. The molecular weight excluding hydrogens is 525 g/mol. The molecule has 0 radical (unpaired) electrons. The molecule has 13 heteroatoms. The van der Waals surface area contributed by atoms with E-state index in [0.29, 0.717) is 36.6 Å². The van der Waals surface area contributed by atoms with Crippen molar-refractivity contribution in [2.45, 2.75) is 49.5 Å². The number of aliphatic hydroxyl groups is 2. The first-order chi connectivity index (χ1) is 17.6. The molecule has 1 fully saturated rings. The Morgan fingerprint density at radius 3 is 2.26 bits per heavy atom. The Hall–Kier alpha value is -3.45. The Labute approximate surface area is 211 Å². The van der Waals surface area contributed by atoms with Gasteiger partial charge in [0.25, 0.3) is 11.7 Å². The minimum atomic E-state index is -5.44. The molecule has 1 saturated heterocycles. The summed E-state index contributed by atoms with van der Waals surface area (Å²) in [4.78, 5) is 27.3. The molecule has 0 saturated carbocycles. The van der Waals surface area contributed by atoms with Crippen molar-refractivity contribution in [3.05, 3.63) is 82.2 Å². The molecule has 0 aromatic heterocycles. The molecule has 2 aromatic carbocycles. The fourth-order valence-electron chi connectivity index (χ4n) is 4.32. The standard InChI is InChI=1S/C25H21F7N2O4/c26-18-12-16(24(27,28)29)8-9-17(18)20(13-6-7-13)33-21(35)19-5-2-10-34(19)22(36)14-3-1-4-15(11-14)23(37,38)25(30,31)32/h1,3-4,6,8-9,11-12,19-20,37-38H,2,5,7,10H2,(H,33,35)/t19-,20-/m1/s1. The number of likely N-dealkylation sites (tertiary alicyclic amines) is 1. The summed E-state index contributed by atoms with van der Waals surface area (Å²) in [7, 11) is 0. The van der Waals surface area contributed by atoms with E-state index in [9.17, 15) is 50.5 Å². The minimum absolute atomic E-state index is 0.0613. The van der Waals surface area contributed by atoms with E-state index in [1.807, 2.05) is 0 Å². The van der Waals surface area contributed by atoms with Crippen LogP contribution in [-0.2, 0) is 16.8 Å². The van der Waals surface area contributed by atoms with Gasteiger partial charge in [-0.15, -0.1) is 0 Å². The van der Waals surface area contributed by atoms with Crippen LogP contribution in [0.2, 0.25) is 0 Å². The number of allylic oxidation sites excluding steroid dienone is 1. The van der Waals surface area contributed by atoms with Crippen LogP contribution in [0.25, 0.3) is 0 Å². The molecule has 204 valence electrons. The van der Waals surface area contributed by atoms with Gasteiger partial charge in [-0.1, -0.05) is 24.3 Å². The van der Waals surface area contributed by atoms with E-state index in [2.05, 4.69) is 5.32 Å². The molecule has 2 aliphatic rings. The summed E-state index contributed by atoms with van der Waals surface area (Å²) in [5.74, 6) is -6.94. The SMILES string of the molecule is O=C(N[C@H](C1=CC1)c1ccc(C(F)(F)F)cc1F)[C@H]1CCCN1C(=O)c1cccc(C(O)(O)C(F)(F)F)c1. The molecule has 2 atom stereocenters. The molecule has 1 heterocycles. The summed E-state index contributed by atoms with van der Waals surface area (Å²) in [5, 5.41) is 21.6. The number of benzene rings is 2. The number of carbonyl (C=O) groups excluding carboxylic acids is 2. The van der Waals surface area contributed by atoms with E-state index in [4.69, 9.17) is 0 Å². The molecule has 0 spiro atoms. The van der Waals surface area contributed by atoms with Crippen LogP contribution >= 0.6 is 0 Å². The molecule has 1 aliphatic heterocycles. The lowest BCUT2D eigenvalue weighted by molar-refractivity contribution is -0.358. The van der Waals surface area contributed by atoms with Gasteiger partial charge in [0, 0.05) is 23.2 Å². The topological polar surface area (TPSA) is 89.9 Å². The lowest BCUT2D eigenvalue weighted by atomic mass is 10.00. The zero-order valence-electron chi connectivity index (χ0n) is 19.4. The lowest BCUT2D eigenvalue weighted by Gasteiger charge is -2.28. The van der Waals surface area contributed by atoms with E-state index in [1.54, 1.807) is 6.08 Å². The maximum Gasteiger partial charge on any atom is 0.447 e.